The van der Waals surface area contributed by atoms with Gasteiger partial charge in [-0.05, 0) is 48.4 Å². The van der Waals surface area contributed by atoms with Crippen LogP contribution in [0.4, 0.5) is 23.8 Å². The number of aromatic nitrogens is 3. The summed E-state index contributed by atoms with van der Waals surface area (Å²) in [6.07, 6.45) is 2.77. The number of nitrogens with one attached hydrogen (secondary N) is 3. The molecule has 3 heterocycles. The summed E-state index contributed by atoms with van der Waals surface area (Å²) in [4.78, 5) is 44.1. The summed E-state index contributed by atoms with van der Waals surface area (Å²) in [6, 6.07) is 5.01. The highest BCUT2D eigenvalue weighted by molar-refractivity contribution is 6.30. The van der Waals surface area contributed by atoms with Crippen LogP contribution in [0.2, 0.25) is 5.02 Å². The molecule has 1 aromatic carbocycles. The standard InChI is InChI=1S/C26H27ClF3N7O4/c1-3-37-19(7-9-33-37)23(38)35-22(16-4-5-18(28)17(27)10-16)24(39)34-21-11-15(6-8-31-21)20(12-41-2)36-14-26(29,30)13-32-25(36)40/h4-11,20,22H,3,12-14H2,1-2H3,(H,32,40)(H,35,38)(H,31,34,39)/t20-,22+/m1/s1. The van der Waals surface area contributed by atoms with Crippen molar-refractivity contribution in [3.8, 4) is 0 Å². The van der Waals surface area contributed by atoms with Gasteiger partial charge in [0.05, 0.1) is 30.8 Å². The van der Waals surface area contributed by atoms with Gasteiger partial charge in [0.2, 0.25) is 0 Å². The van der Waals surface area contributed by atoms with E-state index in [1.54, 1.807) is 6.92 Å². The Balaban J connectivity index is 1.62. The Morgan fingerprint density at radius 1 is 1.20 bits per heavy atom. The molecule has 4 amide bonds. The van der Waals surface area contributed by atoms with Crippen molar-refractivity contribution in [1.29, 1.82) is 0 Å². The second-order valence-electron chi connectivity index (χ2n) is 9.19. The Hall–Kier alpha value is -4.17. The van der Waals surface area contributed by atoms with Gasteiger partial charge in [0, 0.05) is 26.0 Å². The number of ether oxygens (including phenoxy) is 1. The van der Waals surface area contributed by atoms with Gasteiger partial charge in [-0.2, -0.15) is 5.10 Å². The van der Waals surface area contributed by atoms with E-state index in [-0.39, 0.29) is 28.7 Å². The highest BCUT2D eigenvalue weighted by atomic mass is 35.5. The van der Waals surface area contributed by atoms with Crippen molar-refractivity contribution in [3.63, 3.8) is 0 Å². The van der Waals surface area contributed by atoms with E-state index < -0.39 is 54.8 Å². The number of rotatable bonds is 10. The molecule has 0 aliphatic carbocycles. The SMILES string of the molecule is CCn1nccc1C(=O)N[C@H](C(=O)Nc1cc([C@@H](COC)N2CC(F)(F)CNC2=O)ccn1)c1ccc(F)c(Cl)c1. The van der Waals surface area contributed by atoms with Gasteiger partial charge in [0.15, 0.2) is 0 Å². The van der Waals surface area contributed by atoms with Crippen molar-refractivity contribution in [1.82, 2.24) is 30.3 Å². The first-order valence-corrected chi connectivity index (χ1v) is 12.9. The molecule has 1 aliphatic rings. The number of carbonyl (C=O) groups is 3. The molecule has 2 atom stereocenters. The number of hydrogen-bond acceptors (Lipinski definition) is 6. The average Bonchev–Trinajstić information content (AvgIpc) is 3.43. The summed E-state index contributed by atoms with van der Waals surface area (Å²) in [7, 11) is 1.36. The number of urea groups is 1. The normalized spacial score (nSPS) is 16.0. The van der Waals surface area contributed by atoms with Crippen LogP contribution in [0.3, 0.4) is 0 Å². The Labute approximate surface area is 238 Å². The molecular weight excluding hydrogens is 567 g/mol. The van der Waals surface area contributed by atoms with E-state index in [0.29, 0.717) is 12.1 Å². The van der Waals surface area contributed by atoms with Crippen molar-refractivity contribution < 1.29 is 32.3 Å². The molecule has 11 nitrogen and oxygen atoms in total. The van der Waals surface area contributed by atoms with Crippen LogP contribution in [0.15, 0.2) is 48.8 Å². The summed E-state index contributed by atoms with van der Waals surface area (Å²) in [5.74, 6) is -5.23. The first kappa shape index (κ1) is 29.8. The molecule has 1 saturated heterocycles. The van der Waals surface area contributed by atoms with Crippen LogP contribution in [-0.2, 0) is 16.1 Å². The van der Waals surface area contributed by atoms with E-state index in [4.69, 9.17) is 16.3 Å². The number of halogens is 4. The lowest BCUT2D eigenvalue weighted by atomic mass is 10.0. The van der Waals surface area contributed by atoms with Gasteiger partial charge in [-0.25, -0.2) is 22.9 Å². The monoisotopic (exact) mass is 593 g/mol. The van der Waals surface area contributed by atoms with Gasteiger partial charge in [-0.3, -0.25) is 14.3 Å². The number of aryl methyl sites for hydroxylation is 1. The average molecular weight is 594 g/mol. The summed E-state index contributed by atoms with van der Waals surface area (Å²) < 4.78 is 48.7. The van der Waals surface area contributed by atoms with Crippen LogP contribution >= 0.6 is 11.6 Å². The lowest BCUT2D eigenvalue weighted by Crippen LogP contribution is -2.58. The van der Waals surface area contributed by atoms with Gasteiger partial charge >= 0.3 is 6.03 Å². The number of pyridine rings is 1. The molecule has 0 unspecified atom stereocenters. The molecular formula is C26H27ClF3N7O4. The molecule has 4 rings (SSSR count). The minimum Gasteiger partial charge on any atom is -0.382 e. The first-order valence-electron chi connectivity index (χ1n) is 12.5. The van der Waals surface area contributed by atoms with Crippen LogP contribution in [0.1, 0.15) is 40.6 Å². The highest BCUT2D eigenvalue weighted by Gasteiger charge is 2.42. The lowest BCUT2D eigenvalue weighted by molar-refractivity contribution is -0.118. The van der Waals surface area contributed by atoms with Crippen molar-refractivity contribution >= 4 is 35.3 Å². The third-order valence-electron chi connectivity index (χ3n) is 6.34. The molecule has 0 bridgehead atoms. The fraction of sp³-hybridized carbons (Fsp3) is 0.346. The fourth-order valence-electron chi connectivity index (χ4n) is 4.35. The topological polar surface area (TPSA) is 130 Å². The minimum atomic E-state index is -3.15. The van der Waals surface area contributed by atoms with E-state index >= 15 is 0 Å². The van der Waals surface area contributed by atoms with Crippen molar-refractivity contribution in [3.05, 3.63) is 76.5 Å². The first-order chi connectivity index (χ1) is 19.5. The van der Waals surface area contributed by atoms with Gasteiger partial charge in [-0.15, -0.1) is 0 Å². The zero-order valence-corrected chi connectivity index (χ0v) is 22.8. The predicted molar refractivity (Wildman–Crippen MR) is 142 cm³/mol. The number of methoxy groups -OCH3 is 1. The molecule has 15 heteroatoms. The maximum Gasteiger partial charge on any atom is 0.318 e. The molecule has 41 heavy (non-hydrogen) atoms. The number of alkyl halides is 2. The Morgan fingerprint density at radius 3 is 2.68 bits per heavy atom. The largest absolute Gasteiger partial charge is 0.382 e. The van der Waals surface area contributed by atoms with E-state index in [9.17, 15) is 27.6 Å². The quantitative estimate of drug-likeness (QED) is 0.330. The molecule has 0 saturated carbocycles. The molecule has 1 fully saturated rings. The van der Waals surface area contributed by atoms with Crippen molar-refractivity contribution in [2.75, 3.05) is 32.1 Å². The van der Waals surface area contributed by atoms with Crippen LogP contribution in [0.25, 0.3) is 0 Å². The Morgan fingerprint density at radius 2 is 1.98 bits per heavy atom. The van der Waals surface area contributed by atoms with Crippen LogP contribution in [-0.4, -0.2) is 70.2 Å². The van der Waals surface area contributed by atoms with Gasteiger partial charge in [0.1, 0.15) is 23.4 Å². The van der Waals surface area contributed by atoms with E-state index in [1.807, 2.05) is 0 Å². The van der Waals surface area contributed by atoms with Crippen LogP contribution in [0.5, 0.6) is 0 Å². The van der Waals surface area contributed by atoms with E-state index in [0.717, 1.165) is 11.0 Å². The van der Waals surface area contributed by atoms with Crippen LogP contribution in [0, 0.1) is 5.82 Å². The number of benzene rings is 1. The molecule has 218 valence electrons. The number of amides is 4. The molecule has 0 spiro atoms. The summed E-state index contributed by atoms with van der Waals surface area (Å²) in [5.41, 5.74) is 0.741. The third kappa shape index (κ3) is 6.95. The smallest absolute Gasteiger partial charge is 0.318 e. The highest BCUT2D eigenvalue weighted by Crippen LogP contribution is 2.29. The summed E-state index contributed by atoms with van der Waals surface area (Å²) in [5, 5.41) is 11.2. The number of anilines is 1. The number of carbonyl (C=O) groups excluding carboxylic acids is 3. The number of hydrogen-bond donors (Lipinski definition) is 3. The van der Waals surface area contributed by atoms with Gasteiger partial charge in [0.25, 0.3) is 17.7 Å². The fourth-order valence-corrected chi connectivity index (χ4v) is 4.54. The molecule has 3 aromatic rings. The maximum absolute atomic E-state index is 14.1. The second kappa shape index (κ2) is 12.6. The van der Waals surface area contributed by atoms with Crippen molar-refractivity contribution in [2.45, 2.75) is 31.5 Å². The number of nitrogens with zero attached hydrogens (tertiary/aromatic N) is 4. The summed E-state index contributed by atoms with van der Waals surface area (Å²) in [6.45, 7) is 0.468. The second-order valence-corrected chi connectivity index (χ2v) is 9.60. The third-order valence-corrected chi connectivity index (χ3v) is 6.63. The molecule has 3 N–H and O–H groups in total. The Kier molecular flexibility index (Phi) is 9.13. The lowest BCUT2D eigenvalue weighted by Gasteiger charge is -2.38. The predicted octanol–water partition coefficient (Wildman–Crippen LogP) is 3.55. The molecule has 2 aromatic heterocycles. The van der Waals surface area contributed by atoms with Gasteiger partial charge < -0.3 is 25.6 Å². The van der Waals surface area contributed by atoms with E-state index in [1.165, 1.54) is 54.5 Å². The van der Waals surface area contributed by atoms with Gasteiger partial charge in [-0.1, -0.05) is 17.7 Å². The zero-order chi connectivity index (χ0) is 29.7. The minimum absolute atomic E-state index is 0.00355. The maximum atomic E-state index is 14.1. The molecule has 1 aliphatic heterocycles. The van der Waals surface area contributed by atoms with Crippen LogP contribution < -0.4 is 16.0 Å². The Bertz CT molecular complexity index is 1440. The van der Waals surface area contributed by atoms with Crippen molar-refractivity contribution in [2.24, 2.45) is 0 Å². The zero-order valence-electron chi connectivity index (χ0n) is 22.0. The van der Waals surface area contributed by atoms with E-state index in [2.05, 4.69) is 26.0 Å². The summed E-state index contributed by atoms with van der Waals surface area (Å²) >= 11 is 5.95. The molecule has 0 radical (unpaired) electrons.